The Morgan fingerprint density at radius 3 is 2.54 bits per heavy atom. The minimum Gasteiger partial charge on any atom is -0.346 e. The molecule has 2 aromatic heterocycles. The van der Waals surface area contributed by atoms with Crippen molar-refractivity contribution in [2.24, 2.45) is 0 Å². The molecule has 2 heterocycles. The molecule has 2 aromatic carbocycles. The van der Waals surface area contributed by atoms with E-state index in [4.69, 9.17) is 23.8 Å². The number of thiocarbonyl (C=S) groups is 1. The van der Waals surface area contributed by atoms with Gasteiger partial charge in [-0.05, 0) is 43.3 Å². The quantitative estimate of drug-likeness (QED) is 0.432. The molecular formula is C20H16ClN5OS. The van der Waals surface area contributed by atoms with Crippen LogP contribution in [0.25, 0.3) is 5.65 Å². The van der Waals surface area contributed by atoms with Crippen LogP contribution in [0.15, 0.2) is 65.5 Å². The van der Waals surface area contributed by atoms with E-state index in [9.17, 15) is 4.79 Å². The lowest BCUT2D eigenvalue weighted by Crippen LogP contribution is -2.15. The van der Waals surface area contributed by atoms with Gasteiger partial charge in [-0.25, -0.2) is 4.52 Å². The molecule has 0 radical (unpaired) electrons. The summed E-state index contributed by atoms with van der Waals surface area (Å²) in [7, 11) is 0. The number of aromatic amines is 1. The van der Waals surface area contributed by atoms with Gasteiger partial charge >= 0.3 is 0 Å². The summed E-state index contributed by atoms with van der Waals surface area (Å²) < 4.78 is 1.66. The number of aryl methyl sites for hydroxylation is 1. The van der Waals surface area contributed by atoms with Crippen LogP contribution in [0.1, 0.15) is 11.3 Å². The van der Waals surface area contributed by atoms with Crippen molar-refractivity contribution >= 4 is 51.6 Å². The number of nitrogens with zero attached hydrogens (tertiary/aromatic N) is 2. The van der Waals surface area contributed by atoms with Crippen LogP contribution in [-0.2, 0) is 0 Å². The molecular weight excluding hydrogens is 394 g/mol. The van der Waals surface area contributed by atoms with Gasteiger partial charge in [-0.3, -0.25) is 4.79 Å². The SMILES string of the molecule is Cc1cc(=O)[nH]c2c(C(=S)Nc3ccc(Cl)cc3)c(Nc3ccccc3)nn12. The maximum Gasteiger partial charge on any atom is 0.251 e. The molecule has 0 bridgehead atoms. The number of anilines is 3. The number of aromatic nitrogens is 3. The molecule has 0 spiro atoms. The van der Waals surface area contributed by atoms with Crippen molar-refractivity contribution in [1.29, 1.82) is 0 Å². The molecule has 6 nitrogen and oxygen atoms in total. The number of para-hydroxylation sites is 1. The van der Waals surface area contributed by atoms with E-state index in [1.807, 2.05) is 49.4 Å². The molecule has 0 saturated carbocycles. The summed E-state index contributed by atoms with van der Waals surface area (Å²) in [5.74, 6) is 0.544. The van der Waals surface area contributed by atoms with E-state index >= 15 is 0 Å². The molecule has 0 aliphatic carbocycles. The number of rotatable bonds is 4. The van der Waals surface area contributed by atoms with Crippen molar-refractivity contribution in [2.75, 3.05) is 10.6 Å². The fraction of sp³-hybridized carbons (Fsp3) is 0.0500. The van der Waals surface area contributed by atoms with Gasteiger partial charge in [0, 0.05) is 28.2 Å². The highest BCUT2D eigenvalue weighted by Crippen LogP contribution is 2.25. The minimum atomic E-state index is -0.216. The second kappa shape index (κ2) is 7.46. The molecule has 4 rings (SSSR count). The Morgan fingerprint density at radius 2 is 1.82 bits per heavy atom. The van der Waals surface area contributed by atoms with Gasteiger partial charge in [0.1, 0.15) is 10.6 Å². The third kappa shape index (κ3) is 3.62. The van der Waals surface area contributed by atoms with Crippen molar-refractivity contribution in [3.63, 3.8) is 0 Å². The van der Waals surface area contributed by atoms with Gasteiger partial charge in [-0.15, -0.1) is 5.10 Å². The lowest BCUT2D eigenvalue weighted by Gasteiger charge is -2.10. The third-order valence-corrected chi connectivity index (χ3v) is 4.72. The molecule has 0 aliphatic heterocycles. The molecule has 140 valence electrons. The van der Waals surface area contributed by atoms with Crippen LogP contribution in [0.3, 0.4) is 0 Å². The molecule has 0 fully saturated rings. The van der Waals surface area contributed by atoms with E-state index in [0.717, 1.165) is 11.4 Å². The third-order valence-electron chi connectivity index (χ3n) is 4.17. The molecule has 0 saturated heterocycles. The second-order valence-electron chi connectivity index (χ2n) is 6.21. The van der Waals surface area contributed by atoms with Crippen LogP contribution >= 0.6 is 23.8 Å². The van der Waals surface area contributed by atoms with Crippen LogP contribution < -0.4 is 16.2 Å². The van der Waals surface area contributed by atoms with Gasteiger partial charge in [0.2, 0.25) is 0 Å². The summed E-state index contributed by atoms with van der Waals surface area (Å²) >= 11 is 11.6. The summed E-state index contributed by atoms with van der Waals surface area (Å²) in [6.45, 7) is 1.82. The summed E-state index contributed by atoms with van der Waals surface area (Å²) in [5.41, 5.74) is 3.27. The second-order valence-corrected chi connectivity index (χ2v) is 7.06. The van der Waals surface area contributed by atoms with Gasteiger partial charge < -0.3 is 15.6 Å². The first kappa shape index (κ1) is 18.2. The van der Waals surface area contributed by atoms with E-state index in [-0.39, 0.29) is 5.56 Å². The summed E-state index contributed by atoms with van der Waals surface area (Å²) in [4.78, 5) is 15.3. The Hall–Kier alpha value is -3.16. The lowest BCUT2D eigenvalue weighted by atomic mass is 10.2. The zero-order valence-electron chi connectivity index (χ0n) is 14.9. The van der Waals surface area contributed by atoms with E-state index < -0.39 is 0 Å². The Labute approximate surface area is 171 Å². The first-order valence-corrected chi connectivity index (χ1v) is 9.31. The summed E-state index contributed by atoms with van der Waals surface area (Å²) in [6.07, 6.45) is 0. The fourth-order valence-electron chi connectivity index (χ4n) is 2.88. The molecule has 28 heavy (non-hydrogen) atoms. The maximum absolute atomic E-state index is 12.0. The van der Waals surface area contributed by atoms with Crippen molar-refractivity contribution in [3.8, 4) is 0 Å². The summed E-state index contributed by atoms with van der Waals surface area (Å²) in [5, 5.41) is 11.7. The van der Waals surface area contributed by atoms with Crippen LogP contribution in [0, 0.1) is 6.92 Å². The molecule has 3 N–H and O–H groups in total. The number of H-pyrrole nitrogens is 1. The smallest absolute Gasteiger partial charge is 0.251 e. The molecule has 0 atom stereocenters. The monoisotopic (exact) mass is 409 g/mol. The highest BCUT2D eigenvalue weighted by Gasteiger charge is 2.19. The molecule has 8 heteroatoms. The van der Waals surface area contributed by atoms with E-state index in [1.165, 1.54) is 6.07 Å². The fourth-order valence-corrected chi connectivity index (χ4v) is 3.32. The normalized spacial score (nSPS) is 10.8. The molecule has 4 aromatic rings. The van der Waals surface area contributed by atoms with Gasteiger partial charge in [-0.2, -0.15) is 0 Å². The first-order chi connectivity index (χ1) is 13.5. The van der Waals surface area contributed by atoms with Gasteiger partial charge in [0.15, 0.2) is 5.82 Å². The predicted octanol–water partition coefficient (Wildman–Crippen LogP) is 4.52. The Bertz CT molecular complexity index is 1220. The average Bonchev–Trinajstić information content (AvgIpc) is 3.02. The Kier molecular flexibility index (Phi) is 4.85. The van der Waals surface area contributed by atoms with Crippen molar-refractivity contribution < 1.29 is 0 Å². The summed E-state index contributed by atoms with van der Waals surface area (Å²) in [6, 6.07) is 18.4. The highest BCUT2D eigenvalue weighted by molar-refractivity contribution is 7.81. The molecule has 0 amide bonds. The number of hydrogen-bond acceptors (Lipinski definition) is 4. The molecule has 0 unspecified atom stereocenters. The van der Waals surface area contributed by atoms with Crippen LogP contribution in [0.5, 0.6) is 0 Å². The van der Waals surface area contributed by atoms with Gasteiger partial charge in [-0.1, -0.05) is 42.0 Å². The maximum atomic E-state index is 12.0. The highest BCUT2D eigenvalue weighted by atomic mass is 35.5. The number of fused-ring (bicyclic) bond motifs is 1. The Balaban J connectivity index is 1.81. The molecule has 0 aliphatic rings. The van der Waals surface area contributed by atoms with Crippen molar-refractivity contribution in [3.05, 3.63) is 87.3 Å². The van der Waals surface area contributed by atoms with Crippen LogP contribution in [0.2, 0.25) is 5.02 Å². The van der Waals surface area contributed by atoms with Gasteiger partial charge in [0.05, 0.1) is 5.56 Å². The lowest BCUT2D eigenvalue weighted by molar-refractivity contribution is 0.890. The van der Waals surface area contributed by atoms with E-state index in [0.29, 0.717) is 32.7 Å². The number of benzene rings is 2. The van der Waals surface area contributed by atoms with Gasteiger partial charge in [0.25, 0.3) is 5.56 Å². The van der Waals surface area contributed by atoms with E-state index in [2.05, 4.69) is 20.7 Å². The predicted molar refractivity (Wildman–Crippen MR) is 117 cm³/mol. The van der Waals surface area contributed by atoms with Crippen LogP contribution in [0.4, 0.5) is 17.2 Å². The van der Waals surface area contributed by atoms with Crippen molar-refractivity contribution in [2.45, 2.75) is 6.92 Å². The standard InChI is InChI=1S/C20H16ClN5OS/c1-12-11-16(27)24-19-17(20(28)23-15-9-7-13(21)8-10-15)18(25-26(12)19)22-14-5-3-2-4-6-14/h2-11H,1H3,(H,22,25)(H,23,28)(H,24,27). The number of nitrogens with one attached hydrogen (secondary N) is 3. The number of hydrogen-bond donors (Lipinski definition) is 3. The first-order valence-electron chi connectivity index (χ1n) is 8.53. The average molecular weight is 410 g/mol. The van der Waals surface area contributed by atoms with Crippen LogP contribution in [-0.4, -0.2) is 19.6 Å². The zero-order chi connectivity index (χ0) is 19.7. The van der Waals surface area contributed by atoms with E-state index in [1.54, 1.807) is 16.6 Å². The Morgan fingerprint density at radius 1 is 1.11 bits per heavy atom. The number of halogens is 1. The largest absolute Gasteiger partial charge is 0.346 e. The zero-order valence-corrected chi connectivity index (χ0v) is 16.4. The topological polar surface area (TPSA) is 74.2 Å². The van der Waals surface area contributed by atoms with Crippen molar-refractivity contribution in [1.82, 2.24) is 14.6 Å². The minimum absolute atomic E-state index is 0.216.